The minimum atomic E-state index is -0.571. The number of carbonyl (C=O) groups is 2. The third kappa shape index (κ3) is 4.46. The fraction of sp³-hybridized carbons (Fsp3) is 0.0455. The fourth-order valence-electron chi connectivity index (χ4n) is 3.32. The lowest BCUT2D eigenvalue weighted by molar-refractivity contribution is -0.115. The average molecular weight is 461 g/mol. The summed E-state index contributed by atoms with van der Waals surface area (Å²) in [6.07, 6.45) is 6.60. The Labute approximate surface area is 192 Å². The molecule has 0 aliphatic carbocycles. The largest absolute Gasteiger partial charge is 0.366 e. The van der Waals surface area contributed by atoms with E-state index in [0.717, 1.165) is 11.3 Å². The minimum Gasteiger partial charge on any atom is -0.366 e. The Hall–Kier alpha value is -4.44. The van der Waals surface area contributed by atoms with Gasteiger partial charge in [-0.15, -0.1) is 0 Å². The summed E-state index contributed by atoms with van der Waals surface area (Å²) in [5.74, 6) is 0.693. The summed E-state index contributed by atoms with van der Waals surface area (Å²) in [7, 11) is 0. The molecule has 1 fully saturated rings. The van der Waals surface area contributed by atoms with Gasteiger partial charge in [0.25, 0.3) is 5.91 Å². The smallest absolute Gasteiger partial charge is 0.326 e. The Morgan fingerprint density at radius 2 is 2.00 bits per heavy atom. The van der Waals surface area contributed by atoms with Crippen molar-refractivity contribution in [2.45, 2.75) is 6.54 Å². The molecule has 0 unspecified atom stereocenters. The lowest BCUT2D eigenvalue weighted by atomic mass is 10.2. The molecule has 164 valence electrons. The van der Waals surface area contributed by atoms with Crippen molar-refractivity contribution >= 4 is 52.6 Å². The molecule has 10 nitrogen and oxygen atoms in total. The number of imide groups is 1. The number of halogens is 1. The Morgan fingerprint density at radius 3 is 2.76 bits per heavy atom. The third-order valence-electron chi connectivity index (χ3n) is 4.81. The van der Waals surface area contributed by atoms with Gasteiger partial charge in [-0.2, -0.15) is 9.61 Å². The van der Waals surface area contributed by atoms with Gasteiger partial charge in [-0.3, -0.25) is 15.1 Å². The first-order valence-electron chi connectivity index (χ1n) is 9.93. The molecule has 1 aromatic carbocycles. The van der Waals surface area contributed by atoms with Crippen LogP contribution >= 0.6 is 11.6 Å². The highest BCUT2D eigenvalue weighted by Crippen LogP contribution is 2.25. The number of nitrogens with one attached hydrogen (secondary N) is 4. The van der Waals surface area contributed by atoms with Gasteiger partial charge in [-0.1, -0.05) is 23.7 Å². The number of pyridine rings is 1. The molecule has 0 bridgehead atoms. The standard InChI is InChI=1S/C22H17ClN8O2/c23-15-4-1-5-16(8-15)27-18-9-19(25-11-13-3-2-6-24-10-13)31-20(29-18)14(12-26-31)7-17-21(32)30-22(33)28-17/h1-10,12,25H,11H2,(H,27,29)(H2,28,30,32,33). The molecule has 4 heterocycles. The zero-order valence-corrected chi connectivity index (χ0v) is 17.8. The van der Waals surface area contributed by atoms with Gasteiger partial charge in [0.2, 0.25) is 0 Å². The first-order chi connectivity index (χ1) is 16.0. The molecule has 0 saturated carbocycles. The maximum Gasteiger partial charge on any atom is 0.326 e. The van der Waals surface area contributed by atoms with Crippen LogP contribution in [0.1, 0.15) is 11.1 Å². The summed E-state index contributed by atoms with van der Waals surface area (Å²) in [4.78, 5) is 32.2. The maximum absolute atomic E-state index is 12.0. The van der Waals surface area contributed by atoms with Crippen LogP contribution in [0, 0.1) is 0 Å². The van der Waals surface area contributed by atoms with Crippen molar-refractivity contribution in [3.63, 3.8) is 0 Å². The first kappa shape index (κ1) is 20.5. The van der Waals surface area contributed by atoms with E-state index in [0.29, 0.717) is 34.4 Å². The number of urea groups is 1. The topological polar surface area (TPSA) is 125 Å². The predicted octanol–water partition coefficient (Wildman–Crippen LogP) is 3.31. The quantitative estimate of drug-likeness (QED) is 0.257. The van der Waals surface area contributed by atoms with Gasteiger partial charge in [-0.05, 0) is 35.9 Å². The highest BCUT2D eigenvalue weighted by molar-refractivity contribution is 6.30. The number of hydrogen-bond donors (Lipinski definition) is 4. The number of nitrogens with zero attached hydrogens (tertiary/aromatic N) is 4. The summed E-state index contributed by atoms with van der Waals surface area (Å²) in [5, 5.41) is 16.3. The maximum atomic E-state index is 12.0. The fourth-order valence-corrected chi connectivity index (χ4v) is 3.51. The Morgan fingerprint density at radius 1 is 1.09 bits per heavy atom. The van der Waals surface area contributed by atoms with Crippen molar-refractivity contribution in [2.75, 3.05) is 10.6 Å². The second kappa shape index (κ2) is 8.60. The van der Waals surface area contributed by atoms with E-state index in [1.165, 1.54) is 6.08 Å². The lowest BCUT2D eigenvalue weighted by Gasteiger charge is -2.12. The first-order valence-corrected chi connectivity index (χ1v) is 10.3. The number of carbonyl (C=O) groups excluding carboxylic acids is 2. The summed E-state index contributed by atoms with van der Waals surface area (Å²) >= 11 is 6.11. The number of hydrogen-bond acceptors (Lipinski definition) is 7. The van der Waals surface area contributed by atoms with Gasteiger partial charge >= 0.3 is 6.03 Å². The van der Waals surface area contributed by atoms with E-state index in [4.69, 9.17) is 11.6 Å². The van der Waals surface area contributed by atoms with Crippen LogP contribution in [0.4, 0.5) is 22.1 Å². The van der Waals surface area contributed by atoms with Crippen molar-refractivity contribution < 1.29 is 9.59 Å². The highest BCUT2D eigenvalue weighted by atomic mass is 35.5. The molecule has 1 saturated heterocycles. The molecule has 4 aromatic rings. The zero-order chi connectivity index (χ0) is 22.8. The van der Waals surface area contributed by atoms with E-state index in [-0.39, 0.29) is 5.70 Å². The number of anilines is 3. The van der Waals surface area contributed by atoms with Gasteiger partial charge < -0.3 is 16.0 Å². The number of aromatic nitrogens is 4. The van der Waals surface area contributed by atoms with Gasteiger partial charge in [0.1, 0.15) is 17.3 Å². The molecular weight excluding hydrogens is 444 g/mol. The number of amides is 3. The number of rotatable bonds is 6. The van der Waals surface area contributed by atoms with Crippen LogP contribution in [0.2, 0.25) is 5.02 Å². The van der Waals surface area contributed by atoms with Crippen molar-refractivity contribution in [2.24, 2.45) is 0 Å². The van der Waals surface area contributed by atoms with Crippen LogP contribution < -0.4 is 21.3 Å². The second-order valence-corrected chi connectivity index (χ2v) is 7.61. The SMILES string of the molecule is O=C1NC(=O)C(=Cc2cnn3c(NCc4cccnc4)cc(Nc4cccc(Cl)c4)nc23)N1. The third-order valence-corrected chi connectivity index (χ3v) is 5.05. The monoisotopic (exact) mass is 460 g/mol. The van der Waals surface area contributed by atoms with Crippen LogP contribution in [0.3, 0.4) is 0 Å². The molecule has 5 rings (SSSR count). The van der Waals surface area contributed by atoms with Gasteiger partial charge in [-0.25, -0.2) is 9.78 Å². The van der Waals surface area contributed by atoms with Crippen LogP contribution in [0.25, 0.3) is 11.7 Å². The van der Waals surface area contributed by atoms with Crippen molar-refractivity contribution in [1.82, 2.24) is 30.2 Å². The highest BCUT2D eigenvalue weighted by Gasteiger charge is 2.23. The molecule has 4 N–H and O–H groups in total. The van der Waals surface area contributed by atoms with E-state index in [2.05, 4.69) is 36.3 Å². The van der Waals surface area contributed by atoms with Crippen LogP contribution in [-0.2, 0) is 11.3 Å². The molecule has 33 heavy (non-hydrogen) atoms. The van der Waals surface area contributed by atoms with Gasteiger partial charge in [0, 0.05) is 41.3 Å². The second-order valence-electron chi connectivity index (χ2n) is 7.18. The summed E-state index contributed by atoms with van der Waals surface area (Å²) in [6.45, 7) is 0.512. The van der Waals surface area contributed by atoms with Crippen molar-refractivity contribution in [3.05, 3.63) is 82.9 Å². The van der Waals surface area contributed by atoms with E-state index >= 15 is 0 Å². The van der Waals surface area contributed by atoms with Crippen LogP contribution in [-0.4, -0.2) is 31.5 Å². The summed E-state index contributed by atoms with van der Waals surface area (Å²) in [5.41, 5.74) is 2.92. The van der Waals surface area contributed by atoms with E-state index in [1.807, 2.05) is 30.3 Å². The Balaban J connectivity index is 1.55. The number of benzene rings is 1. The summed E-state index contributed by atoms with van der Waals surface area (Å²) < 4.78 is 1.63. The average Bonchev–Trinajstić information content (AvgIpc) is 3.35. The van der Waals surface area contributed by atoms with Crippen molar-refractivity contribution in [1.29, 1.82) is 0 Å². The molecular formula is C22H17ClN8O2. The lowest BCUT2D eigenvalue weighted by Crippen LogP contribution is -2.22. The van der Waals surface area contributed by atoms with E-state index < -0.39 is 11.9 Å². The Kier molecular flexibility index (Phi) is 5.33. The minimum absolute atomic E-state index is 0.120. The molecule has 11 heteroatoms. The van der Waals surface area contributed by atoms with Gasteiger partial charge in [0.05, 0.1) is 6.20 Å². The van der Waals surface area contributed by atoms with Crippen LogP contribution in [0.5, 0.6) is 0 Å². The number of fused-ring (bicyclic) bond motifs is 1. The van der Waals surface area contributed by atoms with Crippen molar-refractivity contribution in [3.8, 4) is 0 Å². The molecule has 0 atom stereocenters. The van der Waals surface area contributed by atoms with E-state index in [1.54, 1.807) is 35.2 Å². The molecule has 3 aromatic heterocycles. The van der Waals surface area contributed by atoms with E-state index in [9.17, 15) is 9.59 Å². The van der Waals surface area contributed by atoms with Gasteiger partial charge in [0.15, 0.2) is 5.65 Å². The predicted molar refractivity (Wildman–Crippen MR) is 124 cm³/mol. The normalized spacial score (nSPS) is 14.4. The zero-order valence-electron chi connectivity index (χ0n) is 17.0. The molecule has 0 spiro atoms. The summed E-state index contributed by atoms with van der Waals surface area (Å²) in [6, 6.07) is 12.4. The molecule has 1 aliphatic rings. The van der Waals surface area contributed by atoms with Crippen LogP contribution in [0.15, 0.2) is 66.8 Å². The Bertz CT molecular complexity index is 1400. The molecule has 0 radical (unpaired) electrons. The molecule has 3 amide bonds. The molecule has 1 aliphatic heterocycles.